The van der Waals surface area contributed by atoms with Gasteiger partial charge < -0.3 is 50.5 Å². The predicted octanol–water partition coefficient (Wildman–Crippen LogP) is 11.1. The number of aliphatic hydroxyl groups is 7. The monoisotopic (exact) mass is 952 g/mol. The van der Waals surface area contributed by atoms with E-state index in [-0.39, 0.29) is 12.8 Å². The summed E-state index contributed by atoms with van der Waals surface area (Å²) in [6, 6.07) is -1.19. The summed E-state index contributed by atoms with van der Waals surface area (Å²) in [5.41, 5.74) is 0. The zero-order valence-electron chi connectivity index (χ0n) is 42.9. The van der Waals surface area contributed by atoms with Crippen molar-refractivity contribution < 1.29 is 50.0 Å². The van der Waals surface area contributed by atoms with Crippen molar-refractivity contribution in [2.24, 2.45) is 0 Å². The number of unbranched alkanes of at least 4 members (excludes halogenated alkanes) is 30. The molecule has 0 aromatic rings. The van der Waals surface area contributed by atoms with Crippen LogP contribution in [0.2, 0.25) is 0 Å². The Hall–Kier alpha value is -1.67. The fourth-order valence-electron chi connectivity index (χ4n) is 8.84. The molecule has 1 heterocycles. The number of hydrogen-bond acceptors (Lipinski definition) is 10. The third kappa shape index (κ3) is 34.3. The molecule has 1 aliphatic rings. The molecule has 1 fully saturated rings. The van der Waals surface area contributed by atoms with Gasteiger partial charge in [0, 0.05) is 0 Å². The molecular formula is C56H105NO10. The van der Waals surface area contributed by atoms with Crippen molar-refractivity contribution in [2.75, 3.05) is 13.2 Å². The van der Waals surface area contributed by atoms with Gasteiger partial charge >= 0.3 is 0 Å². The van der Waals surface area contributed by atoms with Crippen LogP contribution in [-0.4, -0.2) is 110 Å². The van der Waals surface area contributed by atoms with Gasteiger partial charge in [0.05, 0.1) is 25.4 Å². The number of amides is 1. The van der Waals surface area contributed by atoms with Gasteiger partial charge in [-0.15, -0.1) is 0 Å². The predicted molar refractivity (Wildman–Crippen MR) is 275 cm³/mol. The topological polar surface area (TPSA) is 189 Å². The maximum atomic E-state index is 13.1. The first-order valence-electron chi connectivity index (χ1n) is 27.9. The van der Waals surface area contributed by atoms with E-state index in [1.807, 2.05) is 0 Å². The SMILES string of the molecule is CCCCC/C=C\C=C/CCCCCCCC(O)C(=O)NC(COC1OC(CO)C(O)C(O)C1O)C(O)C(O)CCC/C=C/CCCCCCCCCCCCCCCCCCCCCCC. The number of rotatable bonds is 47. The van der Waals surface area contributed by atoms with Gasteiger partial charge in [-0.25, -0.2) is 0 Å². The molecule has 0 aromatic heterocycles. The molecule has 1 saturated heterocycles. The summed E-state index contributed by atoms with van der Waals surface area (Å²) < 4.78 is 11.1. The molecule has 1 amide bonds. The van der Waals surface area contributed by atoms with Crippen LogP contribution >= 0.6 is 0 Å². The molecule has 11 heteroatoms. The smallest absolute Gasteiger partial charge is 0.249 e. The Bertz CT molecular complexity index is 1180. The molecule has 9 atom stereocenters. The largest absolute Gasteiger partial charge is 0.394 e. The van der Waals surface area contributed by atoms with Crippen molar-refractivity contribution in [1.29, 1.82) is 0 Å². The van der Waals surface area contributed by atoms with E-state index in [1.165, 1.54) is 148 Å². The maximum Gasteiger partial charge on any atom is 0.249 e. The Morgan fingerprint density at radius 3 is 1.40 bits per heavy atom. The lowest BCUT2D eigenvalue weighted by Gasteiger charge is -2.40. The number of hydrogen-bond donors (Lipinski definition) is 8. The molecule has 11 nitrogen and oxygen atoms in total. The van der Waals surface area contributed by atoms with Crippen LogP contribution in [0.3, 0.4) is 0 Å². The number of aliphatic hydroxyl groups excluding tert-OH is 7. The quantitative estimate of drug-likeness (QED) is 0.0166. The lowest BCUT2D eigenvalue weighted by atomic mass is 9.98. The van der Waals surface area contributed by atoms with E-state index in [0.29, 0.717) is 12.8 Å². The van der Waals surface area contributed by atoms with E-state index in [9.17, 15) is 40.5 Å². The van der Waals surface area contributed by atoms with Gasteiger partial charge in [0.2, 0.25) is 5.91 Å². The van der Waals surface area contributed by atoms with Crippen molar-refractivity contribution in [3.05, 3.63) is 36.5 Å². The van der Waals surface area contributed by atoms with E-state index in [1.54, 1.807) is 0 Å². The second-order valence-corrected chi connectivity index (χ2v) is 19.7. The first-order valence-corrected chi connectivity index (χ1v) is 27.9. The Balaban J connectivity index is 2.32. The Morgan fingerprint density at radius 1 is 0.522 bits per heavy atom. The second kappa shape index (κ2) is 45.5. The molecule has 0 aliphatic carbocycles. The van der Waals surface area contributed by atoms with Gasteiger partial charge in [0.15, 0.2) is 6.29 Å². The summed E-state index contributed by atoms with van der Waals surface area (Å²) in [7, 11) is 0. The summed E-state index contributed by atoms with van der Waals surface area (Å²) in [5, 5.41) is 75.9. The summed E-state index contributed by atoms with van der Waals surface area (Å²) in [6.07, 6.45) is 43.5. The van der Waals surface area contributed by atoms with Crippen LogP contribution in [0.25, 0.3) is 0 Å². The van der Waals surface area contributed by atoms with Gasteiger partial charge in [0.25, 0.3) is 0 Å². The molecule has 0 spiro atoms. The molecule has 0 aromatic carbocycles. The van der Waals surface area contributed by atoms with Gasteiger partial charge in [-0.1, -0.05) is 217 Å². The van der Waals surface area contributed by atoms with Crippen molar-refractivity contribution in [2.45, 2.75) is 300 Å². The fourth-order valence-corrected chi connectivity index (χ4v) is 8.84. The molecule has 394 valence electrons. The third-order valence-corrected chi connectivity index (χ3v) is 13.4. The van der Waals surface area contributed by atoms with Gasteiger partial charge in [-0.05, 0) is 64.2 Å². The van der Waals surface area contributed by atoms with E-state index >= 15 is 0 Å². The molecule has 0 saturated carbocycles. The molecule has 9 unspecified atom stereocenters. The summed E-state index contributed by atoms with van der Waals surface area (Å²) in [4.78, 5) is 13.1. The first-order chi connectivity index (χ1) is 32.7. The van der Waals surface area contributed by atoms with Crippen LogP contribution < -0.4 is 5.32 Å². The zero-order chi connectivity index (χ0) is 49.0. The number of ether oxygens (including phenoxy) is 2. The highest BCUT2D eigenvalue weighted by molar-refractivity contribution is 5.80. The average molecular weight is 952 g/mol. The van der Waals surface area contributed by atoms with Gasteiger partial charge in [-0.3, -0.25) is 4.79 Å². The molecule has 8 N–H and O–H groups in total. The Kier molecular flexibility index (Phi) is 43.0. The zero-order valence-corrected chi connectivity index (χ0v) is 42.9. The van der Waals surface area contributed by atoms with E-state index in [0.717, 1.165) is 57.8 Å². The first kappa shape index (κ1) is 63.3. The number of carbonyl (C=O) groups is 1. The van der Waals surface area contributed by atoms with E-state index < -0.39 is 74.2 Å². The fraction of sp³-hybridized carbons (Fsp3) is 0.875. The average Bonchev–Trinajstić information content (AvgIpc) is 3.33. The minimum Gasteiger partial charge on any atom is -0.394 e. The Labute approximate surface area is 409 Å². The number of carbonyl (C=O) groups excluding carboxylic acids is 1. The van der Waals surface area contributed by atoms with Crippen molar-refractivity contribution >= 4 is 5.91 Å². The third-order valence-electron chi connectivity index (χ3n) is 13.4. The lowest BCUT2D eigenvalue weighted by Crippen LogP contribution is -2.60. The molecule has 1 rings (SSSR count). The molecule has 0 radical (unpaired) electrons. The minimum atomic E-state index is -1.67. The van der Waals surface area contributed by atoms with Gasteiger partial charge in [-0.2, -0.15) is 0 Å². The van der Waals surface area contributed by atoms with Crippen LogP contribution in [0.15, 0.2) is 36.5 Å². The maximum absolute atomic E-state index is 13.1. The highest BCUT2D eigenvalue weighted by atomic mass is 16.7. The van der Waals surface area contributed by atoms with E-state index in [2.05, 4.69) is 55.6 Å². The normalized spacial score (nSPS) is 20.9. The minimum absolute atomic E-state index is 0.236. The van der Waals surface area contributed by atoms with E-state index in [4.69, 9.17) is 9.47 Å². The van der Waals surface area contributed by atoms with Crippen LogP contribution in [0, 0.1) is 0 Å². The van der Waals surface area contributed by atoms with Crippen LogP contribution in [-0.2, 0) is 14.3 Å². The summed E-state index contributed by atoms with van der Waals surface area (Å²) in [5.74, 6) is -0.718. The number of allylic oxidation sites excluding steroid dienone is 6. The van der Waals surface area contributed by atoms with Crippen LogP contribution in [0.1, 0.15) is 245 Å². The summed E-state index contributed by atoms with van der Waals surface area (Å²) in [6.45, 7) is 3.41. The number of nitrogens with one attached hydrogen (secondary N) is 1. The lowest BCUT2D eigenvalue weighted by molar-refractivity contribution is -0.303. The molecular weight excluding hydrogens is 847 g/mol. The highest BCUT2D eigenvalue weighted by Gasteiger charge is 2.44. The second-order valence-electron chi connectivity index (χ2n) is 19.7. The van der Waals surface area contributed by atoms with Crippen molar-refractivity contribution in [3.8, 4) is 0 Å². The van der Waals surface area contributed by atoms with Crippen LogP contribution in [0.5, 0.6) is 0 Å². The molecule has 0 bridgehead atoms. The highest BCUT2D eigenvalue weighted by Crippen LogP contribution is 2.23. The molecule has 67 heavy (non-hydrogen) atoms. The standard InChI is InChI=1S/C56H105NO10/c1-3-5-7-9-11-13-15-17-19-20-21-22-23-24-25-26-27-28-29-30-32-33-35-37-39-41-43-48(59)51(61)47(46-66-56-54(64)53(63)52(62)50(45-58)67-56)57-55(65)49(60)44-42-40-38-36-34-31-18-16-14-12-10-8-6-4-2/h12,14,16,18,35,37,47-54,56,58-64H,3-11,13,15,17,19-34,36,38-46H2,1-2H3,(H,57,65)/b14-12-,18-16-,37-35+. The van der Waals surface area contributed by atoms with Gasteiger partial charge in [0.1, 0.15) is 36.6 Å². The van der Waals surface area contributed by atoms with Crippen LogP contribution in [0.4, 0.5) is 0 Å². The van der Waals surface area contributed by atoms with Crippen molar-refractivity contribution in [1.82, 2.24) is 5.32 Å². The van der Waals surface area contributed by atoms with Crippen molar-refractivity contribution in [3.63, 3.8) is 0 Å². The summed E-state index contributed by atoms with van der Waals surface area (Å²) >= 11 is 0. The Morgan fingerprint density at radius 2 is 0.925 bits per heavy atom. The molecule has 1 aliphatic heterocycles.